The fraction of sp³-hybridized carbons (Fsp3) is 0.300. The number of halogens is 3. The molecule has 2 rings (SSSR count). The van der Waals surface area contributed by atoms with E-state index in [9.17, 15) is 22.8 Å². The van der Waals surface area contributed by atoms with Gasteiger partial charge in [0.05, 0.1) is 19.2 Å². The molecule has 2 aromatic rings. The molecule has 28 heavy (non-hydrogen) atoms. The lowest BCUT2D eigenvalue weighted by molar-refractivity contribution is -0.137. The predicted octanol–water partition coefficient (Wildman–Crippen LogP) is 3.41. The molecule has 5 nitrogen and oxygen atoms in total. The van der Waals surface area contributed by atoms with Crippen LogP contribution in [0.25, 0.3) is 0 Å². The molecular weight excluding hydrogens is 373 g/mol. The van der Waals surface area contributed by atoms with Crippen molar-refractivity contribution in [3.63, 3.8) is 0 Å². The van der Waals surface area contributed by atoms with Crippen molar-refractivity contribution in [2.45, 2.75) is 19.6 Å². The highest BCUT2D eigenvalue weighted by Crippen LogP contribution is 2.29. The van der Waals surface area contributed by atoms with Gasteiger partial charge >= 0.3 is 6.18 Å². The molecule has 0 aromatic heterocycles. The van der Waals surface area contributed by atoms with Gasteiger partial charge in [0.25, 0.3) is 5.91 Å². The number of benzene rings is 2. The van der Waals surface area contributed by atoms with Crippen molar-refractivity contribution in [2.75, 3.05) is 20.7 Å². The second kappa shape index (κ2) is 8.77. The molecule has 0 atom stereocenters. The largest absolute Gasteiger partial charge is 0.496 e. The SMILES string of the molecule is COc1ccc(C)cc1CN(C)C(=O)CNC(=O)c1ccc(C(F)(F)F)cc1. The van der Waals surface area contributed by atoms with Crippen molar-refractivity contribution >= 4 is 11.8 Å². The van der Waals surface area contributed by atoms with Crippen LogP contribution in [0, 0.1) is 6.92 Å². The van der Waals surface area contributed by atoms with Crippen molar-refractivity contribution < 1.29 is 27.5 Å². The van der Waals surface area contributed by atoms with E-state index in [1.165, 1.54) is 4.90 Å². The van der Waals surface area contributed by atoms with E-state index < -0.39 is 17.6 Å². The lowest BCUT2D eigenvalue weighted by atomic mass is 10.1. The summed E-state index contributed by atoms with van der Waals surface area (Å²) in [6.45, 7) is 1.94. The second-order valence-electron chi connectivity index (χ2n) is 6.32. The van der Waals surface area contributed by atoms with Crippen molar-refractivity contribution in [3.8, 4) is 5.75 Å². The minimum atomic E-state index is -4.47. The molecule has 0 fully saturated rings. The Labute approximate surface area is 161 Å². The number of carbonyl (C=O) groups excluding carboxylic acids is 2. The van der Waals surface area contributed by atoms with E-state index in [0.717, 1.165) is 35.4 Å². The van der Waals surface area contributed by atoms with Crippen LogP contribution < -0.4 is 10.1 Å². The molecule has 0 spiro atoms. The lowest BCUT2D eigenvalue weighted by Crippen LogP contribution is -2.37. The summed E-state index contributed by atoms with van der Waals surface area (Å²) in [5, 5.41) is 2.42. The van der Waals surface area contributed by atoms with Crippen LogP contribution in [-0.4, -0.2) is 37.4 Å². The number of rotatable bonds is 6. The van der Waals surface area contributed by atoms with E-state index in [1.807, 2.05) is 25.1 Å². The van der Waals surface area contributed by atoms with Crippen LogP contribution in [0.15, 0.2) is 42.5 Å². The number of amides is 2. The molecule has 0 aliphatic rings. The number of aryl methyl sites for hydroxylation is 1. The minimum Gasteiger partial charge on any atom is -0.496 e. The van der Waals surface area contributed by atoms with Crippen molar-refractivity contribution in [2.24, 2.45) is 0 Å². The third-order valence-electron chi connectivity index (χ3n) is 4.14. The van der Waals surface area contributed by atoms with E-state index in [2.05, 4.69) is 5.32 Å². The maximum Gasteiger partial charge on any atom is 0.416 e. The van der Waals surface area contributed by atoms with Gasteiger partial charge in [-0.2, -0.15) is 13.2 Å². The molecule has 0 aliphatic heterocycles. The third kappa shape index (κ3) is 5.48. The number of ether oxygens (including phenoxy) is 1. The molecule has 0 unspecified atom stereocenters. The van der Waals surface area contributed by atoms with Gasteiger partial charge < -0.3 is 15.0 Å². The van der Waals surface area contributed by atoms with Gasteiger partial charge in [-0.3, -0.25) is 9.59 Å². The number of methoxy groups -OCH3 is 1. The van der Waals surface area contributed by atoms with Crippen LogP contribution in [0.2, 0.25) is 0 Å². The average molecular weight is 394 g/mol. The molecule has 0 radical (unpaired) electrons. The molecule has 2 aromatic carbocycles. The monoisotopic (exact) mass is 394 g/mol. The minimum absolute atomic E-state index is 0.0452. The smallest absolute Gasteiger partial charge is 0.416 e. The van der Waals surface area contributed by atoms with Gasteiger partial charge in [-0.05, 0) is 37.3 Å². The zero-order chi connectivity index (χ0) is 20.9. The summed E-state index contributed by atoms with van der Waals surface area (Å²) in [6, 6.07) is 9.42. The fourth-order valence-electron chi connectivity index (χ4n) is 2.58. The number of carbonyl (C=O) groups is 2. The molecule has 150 valence electrons. The maximum absolute atomic E-state index is 12.6. The zero-order valence-corrected chi connectivity index (χ0v) is 15.8. The van der Waals surface area contributed by atoms with E-state index in [0.29, 0.717) is 12.3 Å². The van der Waals surface area contributed by atoms with Crippen LogP contribution in [0.4, 0.5) is 13.2 Å². The van der Waals surface area contributed by atoms with Crippen LogP contribution in [0.1, 0.15) is 27.0 Å². The van der Waals surface area contributed by atoms with E-state index in [4.69, 9.17) is 4.74 Å². The Bertz CT molecular complexity index is 849. The van der Waals surface area contributed by atoms with Crippen LogP contribution in [0.3, 0.4) is 0 Å². The molecular formula is C20H21F3N2O3. The highest BCUT2D eigenvalue weighted by Gasteiger charge is 2.30. The van der Waals surface area contributed by atoms with Crippen molar-refractivity contribution in [3.05, 3.63) is 64.7 Å². The summed E-state index contributed by atoms with van der Waals surface area (Å²) in [5.41, 5.74) is 1.05. The fourth-order valence-corrected chi connectivity index (χ4v) is 2.58. The zero-order valence-electron chi connectivity index (χ0n) is 15.8. The number of nitrogens with one attached hydrogen (secondary N) is 1. The second-order valence-corrected chi connectivity index (χ2v) is 6.32. The quantitative estimate of drug-likeness (QED) is 0.817. The summed E-state index contributed by atoms with van der Waals surface area (Å²) in [4.78, 5) is 25.8. The normalized spacial score (nSPS) is 11.1. The molecule has 0 saturated heterocycles. The molecule has 0 aliphatic carbocycles. The highest BCUT2D eigenvalue weighted by atomic mass is 19.4. The molecule has 0 bridgehead atoms. The number of hydrogen-bond donors (Lipinski definition) is 1. The lowest BCUT2D eigenvalue weighted by Gasteiger charge is -2.19. The first-order chi connectivity index (χ1) is 13.1. The number of hydrogen-bond acceptors (Lipinski definition) is 3. The molecule has 2 amide bonds. The van der Waals surface area contributed by atoms with Crippen LogP contribution >= 0.6 is 0 Å². The van der Waals surface area contributed by atoms with Crippen molar-refractivity contribution in [1.29, 1.82) is 0 Å². The Balaban J connectivity index is 1.94. The third-order valence-corrected chi connectivity index (χ3v) is 4.14. The summed E-state index contributed by atoms with van der Waals surface area (Å²) in [5.74, 6) is -0.313. The number of alkyl halides is 3. The topological polar surface area (TPSA) is 58.6 Å². The van der Waals surface area contributed by atoms with Gasteiger partial charge in [0, 0.05) is 24.7 Å². The summed E-state index contributed by atoms with van der Waals surface area (Å²) >= 11 is 0. The first-order valence-corrected chi connectivity index (χ1v) is 8.44. The van der Waals surface area contributed by atoms with Gasteiger partial charge in [0.1, 0.15) is 5.75 Å². The van der Waals surface area contributed by atoms with E-state index in [1.54, 1.807) is 14.2 Å². The summed E-state index contributed by atoms with van der Waals surface area (Å²) < 4.78 is 43.0. The van der Waals surface area contributed by atoms with Gasteiger partial charge in [0.2, 0.25) is 5.91 Å². The Morgan fingerprint density at radius 3 is 2.32 bits per heavy atom. The van der Waals surface area contributed by atoms with Gasteiger partial charge in [-0.1, -0.05) is 17.7 Å². The van der Waals surface area contributed by atoms with E-state index in [-0.39, 0.29) is 18.0 Å². The molecule has 0 saturated carbocycles. The van der Waals surface area contributed by atoms with Gasteiger partial charge in [0.15, 0.2) is 0 Å². The highest BCUT2D eigenvalue weighted by molar-refractivity contribution is 5.96. The summed E-state index contributed by atoms with van der Waals surface area (Å²) in [6.07, 6.45) is -4.47. The Morgan fingerprint density at radius 2 is 1.75 bits per heavy atom. The number of nitrogens with zero attached hydrogens (tertiary/aromatic N) is 1. The van der Waals surface area contributed by atoms with Crippen LogP contribution in [0.5, 0.6) is 5.75 Å². The Morgan fingerprint density at radius 1 is 1.11 bits per heavy atom. The van der Waals surface area contributed by atoms with Crippen molar-refractivity contribution in [1.82, 2.24) is 10.2 Å². The molecule has 1 N–H and O–H groups in total. The predicted molar refractivity (Wildman–Crippen MR) is 98.0 cm³/mol. The van der Waals surface area contributed by atoms with Gasteiger partial charge in [-0.15, -0.1) is 0 Å². The maximum atomic E-state index is 12.6. The first-order valence-electron chi connectivity index (χ1n) is 8.44. The number of likely N-dealkylation sites (N-methyl/N-ethyl adjacent to an activating group) is 1. The Kier molecular flexibility index (Phi) is 6.66. The Hall–Kier alpha value is -3.03. The summed E-state index contributed by atoms with van der Waals surface area (Å²) in [7, 11) is 3.13. The standard InChI is InChI=1S/C20H21F3N2O3/c1-13-4-9-17(28-3)15(10-13)12-25(2)18(26)11-24-19(27)14-5-7-16(8-6-14)20(21,22)23/h4-10H,11-12H2,1-3H3,(H,24,27). The average Bonchev–Trinajstić information content (AvgIpc) is 2.65. The van der Waals surface area contributed by atoms with Crippen LogP contribution in [-0.2, 0) is 17.5 Å². The molecule has 0 heterocycles. The van der Waals surface area contributed by atoms with Gasteiger partial charge in [-0.25, -0.2) is 0 Å². The first kappa shape index (κ1) is 21.3. The molecule has 8 heteroatoms. The van der Waals surface area contributed by atoms with E-state index >= 15 is 0 Å².